The van der Waals surface area contributed by atoms with Crippen LogP contribution < -0.4 is 4.83 Å². The fourth-order valence-electron chi connectivity index (χ4n) is 0.883. The summed E-state index contributed by atoms with van der Waals surface area (Å²) >= 11 is 0. The summed E-state index contributed by atoms with van der Waals surface area (Å²) in [6.07, 6.45) is 0.806. The Labute approximate surface area is 86.8 Å². The molecule has 5 heteroatoms. The maximum atomic E-state index is 11.3. The normalized spacial score (nSPS) is 13.8. The van der Waals surface area contributed by atoms with Crippen molar-refractivity contribution in [3.63, 3.8) is 0 Å². The Morgan fingerprint density at radius 3 is 2.14 bits per heavy atom. The Hall–Kier alpha value is -0.580. The Morgan fingerprint density at radius 1 is 1.29 bits per heavy atom. The van der Waals surface area contributed by atoms with E-state index in [0.717, 1.165) is 12.1 Å². The maximum absolute atomic E-state index is 11.3. The van der Waals surface area contributed by atoms with Crippen molar-refractivity contribution in [2.75, 3.05) is 0 Å². The van der Waals surface area contributed by atoms with Crippen molar-refractivity contribution >= 4 is 15.7 Å². The van der Waals surface area contributed by atoms with E-state index in [2.05, 4.69) is 23.8 Å². The van der Waals surface area contributed by atoms with Crippen LogP contribution in [0.5, 0.6) is 0 Å². The average molecular weight is 220 g/mol. The monoisotopic (exact) mass is 220 g/mol. The predicted molar refractivity (Wildman–Crippen MR) is 59.8 cm³/mol. The first-order chi connectivity index (χ1) is 6.25. The molecule has 14 heavy (non-hydrogen) atoms. The molecule has 0 atom stereocenters. The van der Waals surface area contributed by atoms with Crippen LogP contribution in [0.15, 0.2) is 5.10 Å². The minimum Gasteiger partial charge on any atom is -0.205 e. The lowest BCUT2D eigenvalue weighted by atomic mass is 10.1. The second-order valence-corrected chi connectivity index (χ2v) is 6.35. The number of hydrogen-bond acceptors (Lipinski definition) is 3. The summed E-state index contributed by atoms with van der Waals surface area (Å²) in [6.45, 7) is 9.19. The van der Waals surface area contributed by atoms with Crippen molar-refractivity contribution in [3.8, 4) is 0 Å². The van der Waals surface area contributed by atoms with E-state index < -0.39 is 15.3 Å². The summed E-state index contributed by atoms with van der Waals surface area (Å²) in [6, 6.07) is 0. The van der Waals surface area contributed by atoms with Gasteiger partial charge in [-0.2, -0.15) is 5.10 Å². The molecule has 0 aliphatic rings. The Kier molecular flexibility index (Phi) is 5.12. The van der Waals surface area contributed by atoms with Gasteiger partial charge in [0.15, 0.2) is 0 Å². The minimum atomic E-state index is -3.27. The van der Waals surface area contributed by atoms with Crippen LogP contribution in [0.3, 0.4) is 0 Å². The number of nitrogens with one attached hydrogen (secondary N) is 1. The summed E-state index contributed by atoms with van der Waals surface area (Å²) in [5, 5.41) is 3.39. The third-order valence-corrected chi connectivity index (χ3v) is 3.27. The van der Waals surface area contributed by atoms with Crippen LogP contribution in [-0.4, -0.2) is 19.4 Å². The predicted octanol–water partition coefficient (Wildman–Crippen LogP) is 1.74. The van der Waals surface area contributed by atoms with Gasteiger partial charge in [-0.15, -0.1) is 0 Å². The van der Waals surface area contributed by atoms with E-state index in [0.29, 0.717) is 5.92 Å². The second kappa shape index (κ2) is 5.34. The molecule has 0 saturated carbocycles. The zero-order chi connectivity index (χ0) is 11.4. The summed E-state index contributed by atoms with van der Waals surface area (Å²) in [5.74, 6) is 0.488. The molecule has 0 saturated heterocycles. The number of sulfonamides is 1. The first-order valence-electron chi connectivity index (χ1n) is 4.79. The fourth-order valence-corrected chi connectivity index (χ4v) is 1.38. The molecule has 0 spiro atoms. The average Bonchev–Trinajstić information content (AvgIpc) is 1.99. The molecule has 84 valence electrons. The highest BCUT2D eigenvalue weighted by Crippen LogP contribution is 2.01. The van der Waals surface area contributed by atoms with Crippen LogP contribution in [0, 0.1) is 5.92 Å². The molecule has 0 radical (unpaired) electrons. The molecule has 0 unspecified atom stereocenters. The summed E-state index contributed by atoms with van der Waals surface area (Å²) < 4.78 is 22.6. The smallest absolute Gasteiger partial charge is 0.205 e. The van der Waals surface area contributed by atoms with Crippen molar-refractivity contribution in [2.45, 2.75) is 46.3 Å². The summed E-state index contributed by atoms with van der Waals surface area (Å²) in [4.78, 5) is 2.22. The maximum Gasteiger partial charge on any atom is 0.249 e. The van der Waals surface area contributed by atoms with Crippen molar-refractivity contribution < 1.29 is 8.42 Å². The second-order valence-electron chi connectivity index (χ2n) is 4.13. The zero-order valence-corrected chi connectivity index (χ0v) is 10.4. The number of rotatable bonds is 5. The molecular weight excluding hydrogens is 200 g/mol. The van der Waals surface area contributed by atoms with Gasteiger partial charge >= 0.3 is 0 Å². The standard InChI is InChI=1S/C9H20N2O2S/c1-7(2)6-9(5)10-11-14(12,13)8(3)4/h7-8,11H,6H2,1-5H3/b10-9+. The van der Waals surface area contributed by atoms with Gasteiger partial charge in [0.1, 0.15) is 0 Å². The van der Waals surface area contributed by atoms with Gasteiger partial charge in [-0.25, -0.2) is 13.2 Å². The molecule has 0 bridgehead atoms. The first kappa shape index (κ1) is 13.4. The van der Waals surface area contributed by atoms with Crippen LogP contribution in [0.1, 0.15) is 41.0 Å². The van der Waals surface area contributed by atoms with Gasteiger partial charge in [-0.1, -0.05) is 13.8 Å². The third kappa shape index (κ3) is 5.21. The molecule has 0 aromatic heterocycles. The van der Waals surface area contributed by atoms with E-state index >= 15 is 0 Å². The summed E-state index contributed by atoms with van der Waals surface area (Å²) in [5.41, 5.74) is 0.809. The van der Waals surface area contributed by atoms with Gasteiger partial charge in [0.2, 0.25) is 10.0 Å². The minimum absolute atomic E-state index is 0.446. The molecule has 0 heterocycles. The van der Waals surface area contributed by atoms with Gasteiger partial charge in [-0.05, 0) is 33.1 Å². The van der Waals surface area contributed by atoms with E-state index in [-0.39, 0.29) is 0 Å². The van der Waals surface area contributed by atoms with Gasteiger partial charge in [0.25, 0.3) is 0 Å². The Morgan fingerprint density at radius 2 is 1.79 bits per heavy atom. The van der Waals surface area contributed by atoms with Gasteiger partial charge in [0.05, 0.1) is 5.25 Å². The van der Waals surface area contributed by atoms with Gasteiger partial charge < -0.3 is 0 Å². The molecule has 0 rings (SSSR count). The Bertz CT molecular complexity index is 292. The SMILES string of the molecule is C/C(CC(C)C)=N\NS(=O)(=O)C(C)C. The third-order valence-electron chi connectivity index (χ3n) is 1.69. The van der Waals surface area contributed by atoms with Crippen molar-refractivity contribution in [3.05, 3.63) is 0 Å². The molecule has 0 aromatic carbocycles. The first-order valence-corrected chi connectivity index (χ1v) is 6.34. The van der Waals surface area contributed by atoms with Crippen molar-refractivity contribution in [1.82, 2.24) is 4.83 Å². The largest absolute Gasteiger partial charge is 0.249 e. The molecule has 0 fully saturated rings. The zero-order valence-electron chi connectivity index (χ0n) is 9.53. The lowest BCUT2D eigenvalue weighted by molar-refractivity contribution is 0.574. The van der Waals surface area contributed by atoms with Crippen molar-refractivity contribution in [1.29, 1.82) is 0 Å². The van der Waals surface area contributed by atoms with E-state index in [1.54, 1.807) is 13.8 Å². The molecule has 0 aromatic rings. The fraction of sp³-hybridized carbons (Fsp3) is 0.889. The lowest BCUT2D eigenvalue weighted by Crippen LogP contribution is -2.27. The lowest BCUT2D eigenvalue weighted by Gasteiger charge is -2.08. The van der Waals surface area contributed by atoms with E-state index in [1.807, 2.05) is 6.92 Å². The number of nitrogens with zero attached hydrogens (tertiary/aromatic N) is 1. The molecule has 0 amide bonds. The molecule has 0 aliphatic carbocycles. The Balaban J connectivity index is 4.29. The summed E-state index contributed by atoms with van der Waals surface area (Å²) in [7, 11) is -3.27. The quantitative estimate of drug-likeness (QED) is 0.566. The highest BCUT2D eigenvalue weighted by Gasteiger charge is 2.13. The highest BCUT2D eigenvalue weighted by molar-refractivity contribution is 7.90. The van der Waals surface area contributed by atoms with Gasteiger partial charge in [0, 0.05) is 5.71 Å². The van der Waals surface area contributed by atoms with E-state index in [9.17, 15) is 8.42 Å². The number of hydrogen-bond donors (Lipinski definition) is 1. The van der Waals surface area contributed by atoms with Crippen LogP contribution in [0.25, 0.3) is 0 Å². The number of hydrazone groups is 1. The van der Waals surface area contributed by atoms with E-state index in [4.69, 9.17) is 0 Å². The topological polar surface area (TPSA) is 58.5 Å². The van der Waals surface area contributed by atoms with Crippen molar-refractivity contribution in [2.24, 2.45) is 11.0 Å². The van der Waals surface area contributed by atoms with Crippen LogP contribution in [0.2, 0.25) is 0 Å². The van der Waals surface area contributed by atoms with Crippen LogP contribution in [-0.2, 0) is 10.0 Å². The molecular formula is C9H20N2O2S. The molecule has 1 N–H and O–H groups in total. The van der Waals surface area contributed by atoms with E-state index in [1.165, 1.54) is 0 Å². The highest BCUT2D eigenvalue weighted by atomic mass is 32.2. The van der Waals surface area contributed by atoms with Crippen LogP contribution in [0.4, 0.5) is 0 Å². The molecule has 4 nitrogen and oxygen atoms in total. The molecule has 0 aliphatic heterocycles. The van der Waals surface area contributed by atoms with Gasteiger partial charge in [-0.3, -0.25) is 0 Å². The van der Waals surface area contributed by atoms with Crippen LogP contribution >= 0.6 is 0 Å².